The highest BCUT2D eigenvalue weighted by atomic mass is 16.5. The molecule has 1 N–H and O–H groups in total. The number of nitrogens with one attached hydrogen (secondary N) is 1. The van der Waals surface area contributed by atoms with Crippen LogP contribution in [0.15, 0.2) is 48.5 Å². The number of amides is 1. The number of hydrogen-bond donors (Lipinski definition) is 1. The average Bonchev–Trinajstić information content (AvgIpc) is 2.83. The lowest BCUT2D eigenvalue weighted by Gasteiger charge is -2.39. The molecule has 1 amide bonds. The number of carbonyl (C=O) groups excluding carboxylic acids is 2. The molecule has 0 bridgehead atoms. The van der Waals surface area contributed by atoms with Crippen LogP contribution in [0, 0.1) is 5.92 Å². The maximum atomic E-state index is 12.4. The summed E-state index contributed by atoms with van der Waals surface area (Å²) in [5.74, 6) is 1.98. The van der Waals surface area contributed by atoms with Gasteiger partial charge in [-0.05, 0) is 80.7 Å². The van der Waals surface area contributed by atoms with Crippen molar-refractivity contribution in [3.05, 3.63) is 59.7 Å². The maximum Gasteiger partial charge on any atom is 0.220 e. The quantitative estimate of drug-likeness (QED) is 0.562. The van der Waals surface area contributed by atoms with Crippen molar-refractivity contribution in [3.8, 4) is 11.5 Å². The third-order valence-electron chi connectivity index (χ3n) is 6.25. The summed E-state index contributed by atoms with van der Waals surface area (Å²) >= 11 is 0. The number of methoxy groups -OCH3 is 2. The normalized spacial score (nSPS) is 18.7. The molecule has 2 aromatic rings. The SMILES string of the molecule is COc1ccc(C(=O)CCCC(=O)NCC2CCCN(C)C2c2ccc(OC)cc2)cc1. The average molecular weight is 439 g/mol. The number of rotatable bonds is 10. The highest BCUT2D eigenvalue weighted by Crippen LogP contribution is 2.35. The van der Waals surface area contributed by atoms with Crippen molar-refractivity contribution in [2.75, 3.05) is 34.4 Å². The van der Waals surface area contributed by atoms with Crippen LogP contribution in [0.1, 0.15) is 54.1 Å². The smallest absolute Gasteiger partial charge is 0.220 e. The van der Waals surface area contributed by atoms with Gasteiger partial charge in [0.15, 0.2) is 5.78 Å². The molecule has 1 aliphatic rings. The third-order valence-corrected chi connectivity index (χ3v) is 6.25. The van der Waals surface area contributed by atoms with Crippen LogP contribution in [-0.2, 0) is 4.79 Å². The van der Waals surface area contributed by atoms with Gasteiger partial charge < -0.3 is 14.8 Å². The van der Waals surface area contributed by atoms with E-state index in [1.807, 2.05) is 12.1 Å². The first-order valence-electron chi connectivity index (χ1n) is 11.3. The topological polar surface area (TPSA) is 67.9 Å². The van der Waals surface area contributed by atoms with Gasteiger partial charge in [-0.3, -0.25) is 14.5 Å². The number of hydrogen-bond acceptors (Lipinski definition) is 5. The Hall–Kier alpha value is -2.86. The highest BCUT2D eigenvalue weighted by Gasteiger charge is 2.30. The fourth-order valence-electron chi connectivity index (χ4n) is 4.47. The van der Waals surface area contributed by atoms with Crippen LogP contribution in [0.25, 0.3) is 0 Å². The minimum Gasteiger partial charge on any atom is -0.497 e. The monoisotopic (exact) mass is 438 g/mol. The van der Waals surface area contributed by atoms with Crippen LogP contribution in [0.2, 0.25) is 0 Å². The lowest BCUT2D eigenvalue weighted by molar-refractivity contribution is -0.121. The number of ketones is 1. The molecular formula is C26H34N2O4. The van der Waals surface area contributed by atoms with E-state index in [2.05, 4.69) is 29.4 Å². The lowest BCUT2D eigenvalue weighted by Crippen LogP contribution is -2.41. The highest BCUT2D eigenvalue weighted by molar-refractivity contribution is 5.96. The molecule has 32 heavy (non-hydrogen) atoms. The van der Waals surface area contributed by atoms with Crippen LogP contribution in [0.5, 0.6) is 11.5 Å². The minimum absolute atomic E-state index is 0.00855. The van der Waals surface area contributed by atoms with Crippen molar-refractivity contribution in [2.45, 2.75) is 38.1 Å². The second kappa shape index (κ2) is 11.7. The first-order valence-corrected chi connectivity index (χ1v) is 11.3. The molecule has 2 atom stereocenters. The molecule has 1 aliphatic heterocycles. The third kappa shape index (κ3) is 6.33. The predicted molar refractivity (Wildman–Crippen MR) is 125 cm³/mol. The second-order valence-electron chi connectivity index (χ2n) is 8.41. The van der Waals surface area contributed by atoms with Gasteiger partial charge in [-0.25, -0.2) is 0 Å². The molecule has 6 nitrogen and oxygen atoms in total. The van der Waals surface area contributed by atoms with Crippen molar-refractivity contribution in [1.82, 2.24) is 10.2 Å². The standard InChI is InChI=1S/C26H34N2O4/c1-28-17-5-6-21(26(28)20-11-15-23(32-3)16-12-20)18-27-25(30)8-4-7-24(29)19-9-13-22(31-2)14-10-19/h9-16,21,26H,4-8,17-18H2,1-3H3,(H,27,30). The zero-order valence-electron chi connectivity index (χ0n) is 19.3. The first kappa shape index (κ1) is 23.8. The van der Waals surface area contributed by atoms with Gasteiger partial charge in [0, 0.05) is 31.0 Å². The molecular weight excluding hydrogens is 404 g/mol. The number of Topliss-reactive ketones (excluding diaryl/α,β-unsaturated/α-hetero) is 1. The number of nitrogens with zero attached hydrogens (tertiary/aromatic N) is 1. The van der Waals surface area contributed by atoms with Crippen molar-refractivity contribution < 1.29 is 19.1 Å². The van der Waals surface area contributed by atoms with Gasteiger partial charge >= 0.3 is 0 Å². The van der Waals surface area contributed by atoms with Crippen LogP contribution in [-0.4, -0.2) is 50.9 Å². The van der Waals surface area contributed by atoms with E-state index in [0.29, 0.717) is 37.3 Å². The van der Waals surface area contributed by atoms with E-state index in [1.54, 1.807) is 38.5 Å². The molecule has 0 radical (unpaired) electrons. The van der Waals surface area contributed by atoms with Crippen molar-refractivity contribution in [2.24, 2.45) is 5.92 Å². The van der Waals surface area contributed by atoms with Gasteiger partial charge in [-0.2, -0.15) is 0 Å². The number of piperidine rings is 1. The van der Waals surface area contributed by atoms with Gasteiger partial charge in [-0.15, -0.1) is 0 Å². The molecule has 6 heteroatoms. The number of likely N-dealkylation sites (tertiary alicyclic amines) is 1. The molecule has 0 aromatic heterocycles. The molecule has 1 heterocycles. The van der Waals surface area contributed by atoms with E-state index >= 15 is 0 Å². The van der Waals surface area contributed by atoms with E-state index in [1.165, 1.54) is 5.56 Å². The van der Waals surface area contributed by atoms with Gasteiger partial charge in [-0.1, -0.05) is 12.1 Å². The van der Waals surface area contributed by atoms with Crippen LogP contribution in [0.4, 0.5) is 0 Å². The van der Waals surface area contributed by atoms with Crippen LogP contribution < -0.4 is 14.8 Å². The fraction of sp³-hybridized carbons (Fsp3) is 0.462. The number of benzene rings is 2. The Balaban J connectivity index is 1.47. The van der Waals surface area contributed by atoms with Gasteiger partial charge in [0.1, 0.15) is 11.5 Å². The van der Waals surface area contributed by atoms with E-state index in [0.717, 1.165) is 30.9 Å². The summed E-state index contributed by atoms with van der Waals surface area (Å²) in [4.78, 5) is 27.1. The van der Waals surface area contributed by atoms with Crippen LogP contribution >= 0.6 is 0 Å². The maximum absolute atomic E-state index is 12.4. The summed E-state index contributed by atoms with van der Waals surface area (Å²) in [6.45, 7) is 1.70. The molecule has 3 rings (SSSR count). The molecule has 2 unspecified atom stereocenters. The van der Waals surface area contributed by atoms with Crippen molar-refractivity contribution in [3.63, 3.8) is 0 Å². The molecule has 0 spiro atoms. The lowest BCUT2D eigenvalue weighted by atomic mass is 9.85. The zero-order valence-corrected chi connectivity index (χ0v) is 19.3. The zero-order chi connectivity index (χ0) is 22.9. The summed E-state index contributed by atoms with van der Waals surface area (Å²) < 4.78 is 10.4. The Labute approximate surface area is 190 Å². The fourth-order valence-corrected chi connectivity index (χ4v) is 4.47. The summed E-state index contributed by atoms with van der Waals surface area (Å²) in [6, 6.07) is 15.6. The second-order valence-corrected chi connectivity index (χ2v) is 8.41. The summed E-state index contributed by atoms with van der Waals surface area (Å²) in [6.07, 6.45) is 3.47. The van der Waals surface area contributed by atoms with Crippen molar-refractivity contribution in [1.29, 1.82) is 0 Å². The van der Waals surface area contributed by atoms with Crippen LogP contribution in [0.3, 0.4) is 0 Å². The Kier molecular flexibility index (Phi) is 8.68. The largest absolute Gasteiger partial charge is 0.497 e. The molecule has 172 valence electrons. The minimum atomic E-state index is 0.00855. The predicted octanol–water partition coefficient (Wildman–Crippen LogP) is 4.26. The Morgan fingerprint density at radius 2 is 1.59 bits per heavy atom. The number of ether oxygens (including phenoxy) is 2. The molecule has 1 fully saturated rings. The number of carbonyl (C=O) groups is 2. The van der Waals surface area contributed by atoms with E-state index in [4.69, 9.17) is 9.47 Å². The van der Waals surface area contributed by atoms with Gasteiger partial charge in [0.05, 0.1) is 14.2 Å². The van der Waals surface area contributed by atoms with E-state index in [-0.39, 0.29) is 17.7 Å². The molecule has 0 saturated carbocycles. The first-order chi connectivity index (χ1) is 15.5. The summed E-state index contributed by atoms with van der Waals surface area (Å²) in [5.41, 5.74) is 1.90. The summed E-state index contributed by atoms with van der Waals surface area (Å²) in [5, 5.41) is 3.11. The van der Waals surface area contributed by atoms with Crippen molar-refractivity contribution >= 4 is 11.7 Å². The molecule has 2 aromatic carbocycles. The summed E-state index contributed by atoms with van der Waals surface area (Å²) in [7, 11) is 5.41. The molecule has 0 aliphatic carbocycles. The van der Waals surface area contributed by atoms with Gasteiger partial charge in [0.2, 0.25) is 5.91 Å². The van der Waals surface area contributed by atoms with E-state index < -0.39 is 0 Å². The van der Waals surface area contributed by atoms with Gasteiger partial charge in [0.25, 0.3) is 0 Å². The Morgan fingerprint density at radius 1 is 0.969 bits per heavy atom. The Bertz CT molecular complexity index is 880. The molecule has 1 saturated heterocycles. The van der Waals surface area contributed by atoms with E-state index in [9.17, 15) is 9.59 Å². The Morgan fingerprint density at radius 3 is 2.22 bits per heavy atom.